The SMILES string of the molecule is COc1ccc([C@H]2N(Nc3ccc([N+](=O)[O-])cc3)C(=O)[C@@H]3Cc4ccccc4N32)cc1C. The van der Waals surface area contributed by atoms with Crippen LogP contribution in [0.1, 0.15) is 22.9 Å². The molecule has 5 rings (SSSR count). The average Bonchev–Trinajstić information content (AvgIpc) is 3.29. The maximum atomic E-state index is 13.5. The van der Waals surface area contributed by atoms with Crippen LogP contribution in [0.5, 0.6) is 5.75 Å². The molecule has 0 spiro atoms. The second-order valence-electron chi connectivity index (χ2n) is 7.98. The highest BCUT2D eigenvalue weighted by atomic mass is 16.6. The molecule has 1 N–H and O–H groups in total. The lowest BCUT2D eigenvalue weighted by Crippen LogP contribution is -2.37. The number of hydrazine groups is 1. The van der Waals surface area contributed by atoms with Crippen LogP contribution >= 0.6 is 0 Å². The van der Waals surface area contributed by atoms with E-state index in [9.17, 15) is 14.9 Å². The zero-order chi connectivity index (χ0) is 22.4. The number of ether oxygens (including phenoxy) is 1. The van der Waals surface area contributed by atoms with Gasteiger partial charge in [0.15, 0.2) is 6.17 Å². The van der Waals surface area contributed by atoms with E-state index in [-0.39, 0.29) is 23.8 Å². The van der Waals surface area contributed by atoms with Gasteiger partial charge in [0, 0.05) is 24.2 Å². The first-order valence-corrected chi connectivity index (χ1v) is 10.3. The van der Waals surface area contributed by atoms with Gasteiger partial charge in [0.05, 0.1) is 17.7 Å². The standard InChI is InChI=1S/C24H22N4O4/c1-15-13-17(7-12-22(15)32-2)23-26-20-6-4-3-5-16(20)14-21(26)24(29)27(23)25-18-8-10-19(11-9-18)28(30)31/h3-13,21,23,25H,14H2,1-2H3/t21-,23+/m0/s1. The quantitative estimate of drug-likeness (QED) is 0.482. The second-order valence-corrected chi connectivity index (χ2v) is 7.98. The Morgan fingerprint density at radius 3 is 2.53 bits per heavy atom. The molecular formula is C24H22N4O4. The van der Waals surface area contributed by atoms with E-state index >= 15 is 0 Å². The molecule has 1 fully saturated rings. The molecule has 0 bridgehead atoms. The Balaban J connectivity index is 1.56. The minimum absolute atomic E-state index is 0.000162. The van der Waals surface area contributed by atoms with E-state index in [1.165, 1.54) is 12.1 Å². The van der Waals surface area contributed by atoms with Gasteiger partial charge in [-0.15, -0.1) is 0 Å². The highest BCUT2D eigenvalue weighted by Gasteiger charge is 2.51. The summed E-state index contributed by atoms with van der Waals surface area (Å²) in [7, 11) is 1.64. The largest absolute Gasteiger partial charge is 0.496 e. The molecule has 2 aliphatic rings. The van der Waals surface area contributed by atoms with E-state index < -0.39 is 4.92 Å². The molecule has 0 radical (unpaired) electrons. The molecule has 3 aromatic carbocycles. The van der Waals surface area contributed by atoms with Crippen LogP contribution in [0.15, 0.2) is 66.7 Å². The van der Waals surface area contributed by atoms with Gasteiger partial charge >= 0.3 is 0 Å². The third kappa shape index (κ3) is 3.11. The van der Waals surface area contributed by atoms with Crippen LogP contribution in [0.3, 0.4) is 0 Å². The van der Waals surface area contributed by atoms with Crippen molar-refractivity contribution < 1.29 is 14.5 Å². The molecule has 2 aliphatic heterocycles. The van der Waals surface area contributed by atoms with E-state index in [1.807, 2.05) is 43.3 Å². The summed E-state index contributed by atoms with van der Waals surface area (Å²) in [6.45, 7) is 1.97. The Bertz CT molecular complexity index is 1210. The summed E-state index contributed by atoms with van der Waals surface area (Å²) in [4.78, 5) is 26.2. The van der Waals surface area contributed by atoms with Crippen molar-refractivity contribution in [1.82, 2.24) is 5.01 Å². The molecule has 0 aliphatic carbocycles. The summed E-state index contributed by atoms with van der Waals surface area (Å²) in [6, 6.07) is 19.7. The predicted octanol–water partition coefficient (Wildman–Crippen LogP) is 4.21. The summed E-state index contributed by atoms with van der Waals surface area (Å²) in [5, 5.41) is 12.6. The fraction of sp³-hybridized carbons (Fsp3) is 0.208. The second kappa shape index (κ2) is 7.56. The maximum absolute atomic E-state index is 13.5. The van der Waals surface area contributed by atoms with Crippen molar-refractivity contribution in [3.63, 3.8) is 0 Å². The van der Waals surface area contributed by atoms with Gasteiger partial charge in [-0.05, 0) is 53.9 Å². The molecular weight excluding hydrogens is 408 g/mol. The summed E-state index contributed by atoms with van der Waals surface area (Å²) in [6.07, 6.45) is 0.259. The lowest BCUT2D eigenvalue weighted by molar-refractivity contribution is -0.384. The summed E-state index contributed by atoms with van der Waals surface area (Å²) >= 11 is 0. The molecule has 0 aromatic heterocycles. The van der Waals surface area contributed by atoms with Crippen molar-refractivity contribution in [3.8, 4) is 5.75 Å². The van der Waals surface area contributed by atoms with Crippen LogP contribution in [-0.2, 0) is 11.2 Å². The van der Waals surface area contributed by atoms with Crippen molar-refractivity contribution in [3.05, 3.63) is 93.5 Å². The van der Waals surface area contributed by atoms with Crippen molar-refractivity contribution in [2.24, 2.45) is 0 Å². The molecule has 32 heavy (non-hydrogen) atoms. The minimum Gasteiger partial charge on any atom is -0.496 e. The Morgan fingerprint density at radius 2 is 1.84 bits per heavy atom. The number of para-hydroxylation sites is 1. The molecule has 1 saturated heterocycles. The van der Waals surface area contributed by atoms with Crippen LogP contribution in [0.2, 0.25) is 0 Å². The number of fused-ring (bicyclic) bond motifs is 3. The van der Waals surface area contributed by atoms with E-state index in [4.69, 9.17) is 4.74 Å². The smallest absolute Gasteiger partial charge is 0.269 e. The number of non-ortho nitro benzene ring substituents is 1. The lowest BCUT2D eigenvalue weighted by Gasteiger charge is -2.32. The molecule has 8 heteroatoms. The van der Waals surface area contributed by atoms with Gasteiger partial charge < -0.3 is 9.64 Å². The Labute approximate surface area is 185 Å². The number of methoxy groups -OCH3 is 1. The first-order valence-electron chi connectivity index (χ1n) is 10.3. The normalized spacial score (nSPS) is 19.0. The van der Waals surface area contributed by atoms with Crippen LogP contribution in [0, 0.1) is 17.0 Å². The number of benzene rings is 3. The van der Waals surface area contributed by atoms with Gasteiger partial charge in [-0.3, -0.25) is 20.3 Å². The van der Waals surface area contributed by atoms with Crippen LogP contribution in [-0.4, -0.2) is 29.0 Å². The van der Waals surface area contributed by atoms with Gasteiger partial charge in [-0.2, -0.15) is 0 Å². The molecule has 162 valence electrons. The van der Waals surface area contributed by atoms with Gasteiger partial charge in [0.25, 0.3) is 11.6 Å². The number of carbonyl (C=O) groups excluding carboxylic acids is 1. The fourth-order valence-corrected chi connectivity index (χ4v) is 4.61. The number of carbonyl (C=O) groups is 1. The zero-order valence-corrected chi connectivity index (χ0v) is 17.7. The molecule has 8 nitrogen and oxygen atoms in total. The van der Waals surface area contributed by atoms with E-state index in [0.29, 0.717) is 12.1 Å². The third-order valence-electron chi connectivity index (χ3n) is 6.09. The van der Waals surface area contributed by atoms with Crippen molar-refractivity contribution in [1.29, 1.82) is 0 Å². The van der Waals surface area contributed by atoms with Crippen LogP contribution in [0.4, 0.5) is 17.1 Å². The molecule has 1 amide bonds. The molecule has 2 heterocycles. The summed E-state index contributed by atoms with van der Waals surface area (Å²) < 4.78 is 5.41. The number of nitrogens with one attached hydrogen (secondary N) is 1. The van der Waals surface area contributed by atoms with E-state index in [0.717, 1.165) is 28.1 Å². The lowest BCUT2D eigenvalue weighted by atomic mass is 10.1. The van der Waals surface area contributed by atoms with Gasteiger partial charge in [-0.1, -0.05) is 24.3 Å². The van der Waals surface area contributed by atoms with Crippen molar-refractivity contribution in [2.75, 3.05) is 17.4 Å². The van der Waals surface area contributed by atoms with Gasteiger partial charge in [0.1, 0.15) is 11.8 Å². The zero-order valence-electron chi connectivity index (χ0n) is 17.7. The van der Waals surface area contributed by atoms with Crippen molar-refractivity contribution in [2.45, 2.75) is 25.6 Å². The van der Waals surface area contributed by atoms with Crippen LogP contribution in [0.25, 0.3) is 0 Å². The number of hydrogen-bond donors (Lipinski definition) is 1. The molecule has 0 unspecified atom stereocenters. The number of aryl methyl sites for hydroxylation is 1. The Hall–Kier alpha value is -4.07. The number of nitrogens with zero attached hydrogens (tertiary/aromatic N) is 3. The molecule has 0 saturated carbocycles. The van der Waals surface area contributed by atoms with Gasteiger partial charge in [-0.25, -0.2) is 5.01 Å². The maximum Gasteiger partial charge on any atom is 0.269 e. The number of rotatable bonds is 5. The van der Waals surface area contributed by atoms with Crippen LogP contribution < -0.4 is 15.1 Å². The summed E-state index contributed by atoms with van der Waals surface area (Å²) in [5.41, 5.74) is 7.92. The highest BCUT2D eigenvalue weighted by Crippen LogP contribution is 2.46. The summed E-state index contributed by atoms with van der Waals surface area (Å²) in [5.74, 6) is 0.740. The predicted molar refractivity (Wildman–Crippen MR) is 120 cm³/mol. The number of amides is 1. The number of anilines is 2. The van der Waals surface area contributed by atoms with Crippen molar-refractivity contribution >= 4 is 23.0 Å². The monoisotopic (exact) mass is 430 g/mol. The Kier molecular flexibility index (Phi) is 4.70. The first kappa shape index (κ1) is 19.9. The number of nitro groups is 1. The van der Waals surface area contributed by atoms with E-state index in [2.05, 4.69) is 16.4 Å². The fourth-order valence-electron chi connectivity index (χ4n) is 4.61. The first-order chi connectivity index (χ1) is 15.5. The minimum atomic E-state index is -0.444. The average molecular weight is 430 g/mol. The Morgan fingerprint density at radius 1 is 1.09 bits per heavy atom. The van der Waals surface area contributed by atoms with E-state index in [1.54, 1.807) is 24.3 Å². The number of hydrogen-bond acceptors (Lipinski definition) is 6. The third-order valence-corrected chi connectivity index (χ3v) is 6.09. The molecule has 2 atom stereocenters. The van der Waals surface area contributed by atoms with Gasteiger partial charge in [0.2, 0.25) is 0 Å². The highest BCUT2D eigenvalue weighted by molar-refractivity contribution is 5.93. The number of nitro benzene ring substituents is 1. The topological polar surface area (TPSA) is 88.0 Å². The molecule has 3 aromatic rings.